The third-order valence-electron chi connectivity index (χ3n) is 5.50. The molecule has 0 bridgehead atoms. The summed E-state index contributed by atoms with van der Waals surface area (Å²) < 4.78 is 5.64. The van der Waals surface area contributed by atoms with Crippen LogP contribution in [-0.2, 0) is 9.53 Å². The van der Waals surface area contributed by atoms with Gasteiger partial charge in [0.1, 0.15) is 5.54 Å². The normalized spacial score (nSPS) is 28.9. The van der Waals surface area contributed by atoms with Gasteiger partial charge in [0.2, 0.25) is 0 Å². The molecule has 0 radical (unpaired) electrons. The quantitative estimate of drug-likeness (QED) is 0.774. The van der Waals surface area contributed by atoms with Gasteiger partial charge in [0.05, 0.1) is 6.10 Å². The Hall–Kier alpha value is -0.610. The van der Waals surface area contributed by atoms with Crippen molar-refractivity contribution in [2.75, 3.05) is 13.2 Å². The summed E-state index contributed by atoms with van der Waals surface area (Å²) in [5.74, 6) is 0.0355. The van der Waals surface area contributed by atoms with Crippen LogP contribution in [0.5, 0.6) is 0 Å². The van der Waals surface area contributed by atoms with Crippen LogP contribution in [0.4, 0.5) is 0 Å². The summed E-state index contributed by atoms with van der Waals surface area (Å²) in [6.45, 7) is 1.54. The molecule has 0 aromatic rings. The van der Waals surface area contributed by atoms with Gasteiger partial charge < -0.3 is 9.84 Å². The van der Waals surface area contributed by atoms with Gasteiger partial charge in [0.15, 0.2) is 0 Å². The molecule has 3 rings (SSSR count). The van der Waals surface area contributed by atoms with Gasteiger partial charge in [-0.1, -0.05) is 12.8 Å². The SMILES string of the molecule is O=C(O)C(NCC1CCCO1)(C1CCC1)C1CCC1. The molecule has 0 spiro atoms. The summed E-state index contributed by atoms with van der Waals surface area (Å²) in [5, 5.41) is 13.3. The van der Waals surface area contributed by atoms with Gasteiger partial charge in [0.25, 0.3) is 0 Å². The molecular formula is C15H25NO3. The molecule has 0 amide bonds. The molecule has 19 heavy (non-hydrogen) atoms. The fraction of sp³-hybridized carbons (Fsp3) is 0.933. The molecule has 1 atom stereocenters. The van der Waals surface area contributed by atoms with Crippen molar-refractivity contribution in [2.24, 2.45) is 11.8 Å². The van der Waals surface area contributed by atoms with Crippen LogP contribution in [0.3, 0.4) is 0 Å². The largest absolute Gasteiger partial charge is 0.480 e. The van der Waals surface area contributed by atoms with Gasteiger partial charge in [-0.15, -0.1) is 0 Å². The molecule has 1 aliphatic heterocycles. The lowest BCUT2D eigenvalue weighted by molar-refractivity contribution is -0.156. The summed E-state index contributed by atoms with van der Waals surface area (Å²) in [6.07, 6.45) is 9.06. The third kappa shape index (κ3) is 2.29. The van der Waals surface area contributed by atoms with Crippen molar-refractivity contribution in [1.29, 1.82) is 0 Å². The van der Waals surface area contributed by atoms with Crippen molar-refractivity contribution in [1.82, 2.24) is 5.32 Å². The lowest BCUT2D eigenvalue weighted by Gasteiger charge is -2.51. The molecule has 2 N–H and O–H groups in total. The second-order valence-corrected chi connectivity index (χ2v) is 6.45. The maximum atomic E-state index is 12.0. The molecule has 1 heterocycles. The molecule has 1 saturated heterocycles. The van der Waals surface area contributed by atoms with Gasteiger partial charge >= 0.3 is 5.97 Å². The van der Waals surface area contributed by atoms with Crippen molar-refractivity contribution in [3.63, 3.8) is 0 Å². The Kier molecular flexibility index (Phi) is 3.81. The number of aliphatic carboxylic acids is 1. The number of nitrogens with one attached hydrogen (secondary N) is 1. The number of carbonyl (C=O) groups is 1. The van der Waals surface area contributed by atoms with E-state index in [2.05, 4.69) is 5.32 Å². The highest BCUT2D eigenvalue weighted by Gasteiger charge is 2.54. The molecule has 0 aromatic carbocycles. The third-order valence-corrected chi connectivity index (χ3v) is 5.50. The Morgan fingerprint density at radius 2 is 1.74 bits per heavy atom. The molecule has 2 saturated carbocycles. The summed E-state index contributed by atoms with van der Waals surface area (Å²) in [5.41, 5.74) is -0.664. The fourth-order valence-corrected chi connectivity index (χ4v) is 3.86. The van der Waals surface area contributed by atoms with E-state index < -0.39 is 11.5 Å². The predicted molar refractivity (Wildman–Crippen MR) is 72.0 cm³/mol. The fourth-order valence-electron chi connectivity index (χ4n) is 3.86. The first kappa shape index (κ1) is 13.4. The number of hydrogen-bond donors (Lipinski definition) is 2. The zero-order valence-electron chi connectivity index (χ0n) is 11.6. The number of hydrogen-bond acceptors (Lipinski definition) is 3. The molecule has 4 heteroatoms. The van der Waals surface area contributed by atoms with E-state index >= 15 is 0 Å². The molecule has 0 aromatic heterocycles. The van der Waals surface area contributed by atoms with Crippen molar-refractivity contribution >= 4 is 5.97 Å². The second-order valence-electron chi connectivity index (χ2n) is 6.45. The minimum Gasteiger partial charge on any atom is -0.480 e. The van der Waals surface area contributed by atoms with Gasteiger partial charge in [-0.25, -0.2) is 0 Å². The molecule has 2 aliphatic carbocycles. The van der Waals surface area contributed by atoms with Crippen molar-refractivity contribution in [2.45, 2.75) is 63.0 Å². The van der Waals surface area contributed by atoms with Crippen LogP contribution in [0.15, 0.2) is 0 Å². The minimum absolute atomic E-state index is 0.221. The van der Waals surface area contributed by atoms with E-state index in [0.29, 0.717) is 18.4 Å². The Labute approximate surface area is 114 Å². The molecule has 3 aliphatic rings. The summed E-state index contributed by atoms with van der Waals surface area (Å²) in [6, 6.07) is 0. The van der Waals surface area contributed by atoms with E-state index in [0.717, 1.165) is 45.1 Å². The van der Waals surface area contributed by atoms with Crippen LogP contribution in [0.1, 0.15) is 51.4 Å². The minimum atomic E-state index is -0.664. The first-order chi connectivity index (χ1) is 9.23. The van der Waals surface area contributed by atoms with E-state index in [9.17, 15) is 9.90 Å². The van der Waals surface area contributed by atoms with Gasteiger partial charge in [0, 0.05) is 13.2 Å². The number of rotatable bonds is 6. The lowest BCUT2D eigenvalue weighted by Crippen LogP contribution is -2.66. The Balaban J connectivity index is 1.71. The summed E-state index contributed by atoms with van der Waals surface area (Å²) >= 11 is 0. The maximum Gasteiger partial charge on any atom is 0.324 e. The van der Waals surface area contributed by atoms with E-state index in [-0.39, 0.29) is 6.10 Å². The van der Waals surface area contributed by atoms with E-state index in [1.807, 2.05) is 0 Å². The summed E-state index contributed by atoms with van der Waals surface area (Å²) in [7, 11) is 0. The Morgan fingerprint density at radius 1 is 1.11 bits per heavy atom. The predicted octanol–water partition coefficient (Wildman–Crippen LogP) is 2.18. The van der Waals surface area contributed by atoms with Crippen molar-refractivity contribution in [3.05, 3.63) is 0 Å². The number of ether oxygens (including phenoxy) is 1. The lowest BCUT2D eigenvalue weighted by atomic mass is 9.59. The second kappa shape index (κ2) is 5.41. The molecule has 3 fully saturated rings. The highest BCUT2D eigenvalue weighted by molar-refractivity contribution is 5.80. The monoisotopic (exact) mass is 267 g/mol. The highest BCUT2D eigenvalue weighted by Crippen LogP contribution is 2.47. The van der Waals surface area contributed by atoms with Gasteiger partial charge in [-0.3, -0.25) is 10.1 Å². The van der Waals surface area contributed by atoms with Crippen molar-refractivity contribution in [3.8, 4) is 0 Å². The highest BCUT2D eigenvalue weighted by atomic mass is 16.5. The molecular weight excluding hydrogens is 242 g/mol. The summed E-state index contributed by atoms with van der Waals surface area (Å²) in [4.78, 5) is 12.0. The molecule has 4 nitrogen and oxygen atoms in total. The standard InChI is InChI=1S/C15H25NO3/c17-14(18)15(11-4-1-5-11,12-6-2-7-12)16-10-13-8-3-9-19-13/h11-13,16H,1-10H2,(H,17,18). The first-order valence-corrected chi connectivity index (χ1v) is 7.83. The van der Waals surface area contributed by atoms with Crippen LogP contribution < -0.4 is 5.32 Å². The van der Waals surface area contributed by atoms with Crippen LogP contribution in [0.2, 0.25) is 0 Å². The Bertz CT molecular complexity index is 316. The Morgan fingerprint density at radius 3 is 2.11 bits per heavy atom. The molecule has 1 unspecified atom stereocenters. The zero-order valence-corrected chi connectivity index (χ0v) is 11.6. The van der Waals surface area contributed by atoms with Crippen LogP contribution >= 0.6 is 0 Å². The van der Waals surface area contributed by atoms with Gasteiger partial charge in [-0.05, 0) is 50.4 Å². The molecule has 108 valence electrons. The van der Waals surface area contributed by atoms with Crippen LogP contribution in [-0.4, -0.2) is 35.9 Å². The number of carboxylic acids is 1. The average molecular weight is 267 g/mol. The maximum absolute atomic E-state index is 12.0. The topological polar surface area (TPSA) is 58.6 Å². The first-order valence-electron chi connectivity index (χ1n) is 7.83. The van der Waals surface area contributed by atoms with E-state index in [4.69, 9.17) is 4.74 Å². The zero-order chi connectivity index (χ0) is 13.3. The van der Waals surface area contributed by atoms with E-state index in [1.165, 1.54) is 12.8 Å². The van der Waals surface area contributed by atoms with Crippen molar-refractivity contribution < 1.29 is 14.6 Å². The van der Waals surface area contributed by atoms with Crippen LogP contribution in [0, 0.1) is 11.8 Å². The van der Waals surface area contributed by atoms with E-state index in [1.54, 1.807) is 0 Å². The van der Waals surface area contributed by atoms with Crippen LogP contribution in [0.25, 0.3) is 0 Å². The van der Waals surface area contributed by atoms with Gasteiger partial charge in [-0.2, -0.15) is 0 Å². The average Bonchev–Trinajstić information content (AvgIpc) is 2.72. The number of carboxylic acid groups (broad SMARTS) is 1. The smallest absolute Gasteiger partial charge is 0.324 e.